The molecule has 0 amide bonds. The van der Waals surface area contributed by atoms with Crippen molar-refractivity contribution in [1.29, 1.82) is 0 Å². The van der Waals surface area contributed by atoms with Gasteiger partial charge in [-0.05, 0) is 18.2 Å². The van der Waals surface area contributed by atoms with Crippen molar-refractivity contribution in [3.05, 3.63) is 59.3 Å². The molecule has 1 heterocycles. The number of rotatable bonds is 5. The van der Waals surface area contributed by atoms with Gasteiger partial charge in [-0.15, -0.1) is 0 Å². The summed E-state index contributed by atoms with van der Waals surface area (Å²) in [6.07, 6.45) is -4.49. The van der Waals surface area contributed by atoms with Crippen LogP contribution in [0.2, 0.25) is 0 Å². The minimum Gasteiger partial charge on any atom is -0.478 e. The number of nitrogens with one attached hydrogen (secondary N) is 1. The van der Waals surface area contributed by atoms with E-state index in [4.69, 9.17) is 5.11 Å². The van der Waals surface area contributed by atoms with Crippen molar-refractivity contribution in [2.24, 2.45) is 0 Å². The summed E-state index contributed by atoms with van der Waals surface area (Å²) in [5.74, 6) is -2.68. The lowest BCUT2D eigenvalue weighted by Crippen LogP contribution is -2.18. The molecule has 0 aliphatic carbocycles. The lowest BCUT2D eigenvalue weighted by atomic mass is 10.1. The monoisotopic (exact) mass is 340 g/mol. The summed E-state index contributed by atoms with van der Waals surface area (Å²) in [6.45, 7) is 0. The number of aromatic nitrogens is 1. The third-order valence-electron chi connectivity index (χ3n) is 2.90. The number of aromatic carboxylic acids is 1. The lowest BCUT2D eigenvalue weighted by molar-refractivity contribution is -0.127. The Balaban J connectivity index is 2.15. The van der Waals surface area contributed by atoms with Gasteiger partial charge in [0.05, 0.1) is 17.5 Å². The van der Waals surface area contributed by atoms with E-state index >= 15 is 0 Å². The van der Waals surface area contributed by atoms with E-state index in [0.717, 1.165) is 0 Å². The highest BCUT2D eigenvalue weighted by Crippen LogP contribution is 2.24. The Morgan fingerprint density at radius 2 is 1.79 bits per heavy atom. The third-order valence-corrected chi connectivity index (χ3v) is 2.90. The van der Waals surface area contributed by atoms with Gasteiger partial charge in [-0.2, -0.15) is 18.7 Å². The van der Waals surface area contributed by atoms with Gasteiger partial charge in [0.2, 0.25) is 0 Å². The maximum absolute atomic E-state index is 12.5. The summed E-state index contributed by atoms with van der Waals surface area (Å²) >= 11 is 0. The first-order chi connectivity index (χ1) is 11.3. The fourth-order valence-corrected chi connectivity index (χ4v) is 1.89. The molecule has 2 aromatic rings. The summed E-state index contributed by atoms with van der Waals surface area (Å²) in [5, 5.41) is 9.01. The number of carboxylic acids is 1. The molecule has 0 aliphatic heterocycles. The molecule has 1 aromatic carbocycles. The molecule has 0 unspecified atom stereocenters. The zero-order valence-electron chi connectivity index (χ0n) is 12.0. The highest BCUT2D eigenvalue weighted by Gasteiger charge is 2.29. The zero-order valence-corrected chi connectivity index (χ0v) is 12.0. The summed E-state index contributed by atoms with van der Waals surface area (Å²) < 4.78 is 37.5. The molecule has 126 valence electrons. The van der Waals surface area contributed by atoms with Gasteiger partial charge in [-0.3, -0.25) is 0 Å². The maximum Gasteiger partial charge on any atom is 0.393 e. The Hall–Kier alpha value is -3.10. The summed E-state index contributed by atoms with van der Waals surface area (Å²) in [4.78, 5) is 31.3. The number of halogens is 3. The molecule has 0 radical (unpaired) electrons. The molecule has 0 saturated carbocycles. The number of alkyl halides is 3. The number of carbonyl (C=O) groups is 2. The fourth-order valence-electron chi connectivity index (χ4n) is 1.89. The minimum absolute atomic E-state index is 0.218. The smallest absolute Gasteiger partial charge is 0.393 e. The van der Waals surface area contributed by atoms with Crippen molar-refractivity contribution in [1.82, 2.24) is 4.98 Å². The molecule has 0 spiro atoms. The van der Waals surface area contributed by atoms with E-state index in [2.05, 4.69) is 9.82 Å². The van der Waals surface area contributed by atoms with E-state index < -0.39 is 24.5 Å². The predicted molar refractivity (Wildman–Crippen MR) is 76.4 cm³/mol. The molecular formula is C15H11F3N2O4. The number of carbonyl (C=O) groups excluding carboxylic acids is 1. The van der Waals surface area contributed by atoms with Gasteiger partial charge in [-0.1, -0.05) is 18.2 Å². The van der Waals surface area contributed by atoms with Crippen LogP contribution in [-0.2, 0) is 11.3 Å². The van der Waals surface area contributed by atoms with Gasteiger partial charge in [0, 0.05) is 11.8 Å². The molecule has 2 rings (SSSR count). The molecule has 24 heavy (non-hydrogen) atoms. The number of hydrogen-bond acceptors (Lipinski definition) is 5. The lowest BCUT2D eigenvalue weighted by Gasteiger charge is -2.12. The Morgan fingerprint density at radius 3 is 2.42 bits per heavy atom. The fraction of sp³-hybridized carbons (Fsp3) is 0.133. The van der Waals surface area contributed by atoms with E-state index in [0.29, 0.717) is 0 Å². The second kappa shape index (κ2) is 6.99. The highest BCUT2D eigenvalue weighted by molar-refractivity contribution is 6.02. The first-order valence-electron chi connectivity index (χ1n) is 6.58. The molecule has 0 fully saturated rings. The Labute approximate surface area is 133 Å². The van der Waals surface area contributed by atoms with Crippen LogP contribution in [0.4, 0.5) is 19.0 Å². The summed E-state index contributed by atoms with van der Waals surface area (Å²) in [7, 11) is 0. The van der Waals surface area contributed by atoms with Gasteiger partial charge in [-0.25, -0.2) is 14.6 Å². The number of nitrogens with zero attached hydrogens (tertiary/aromatic N) is 1. The molecule has 0 atom stereocenters. The van der Waals surface area contributed by atoms with E-state index in [1.54, 1.807) is 0 Å². The van der Waals surface area contributed by atoms with Crippen LogP contribution in [0.1, 0.15) is 26.3 Å². The van der Waals surface area contributed by atoms with Gasteiger partial charge in [0.15, 0.2) is 5.82 Å². The largest absolute Gasteiger partial charge is 0.478 e. The van der Waals surface area contributed by atoms with E-state index in [-0.39, 0.29) is 22.5 Å². The maximum atomic E-state index is 12.5. The Morgan fingerprint density at radius 1 is 1.12 bits per heavy atom. The van der Waals surface area contributed by atoms with Crippen molar-refractivity contribution in [3.8, 4) is 0 Å². The normalized spacial score (nSPS) is 11.0. The van der Waals surface area contributed by atoms with Gasteiger partial charge in [0.1, 0.15) is 0 Å². The Bertz CT molecular complexity index is 762. The van der Waals surface area contributed by atoms with Crippen LogP contribution in [0, 0.1) is 0 Å². The van der Waals surface area contributed by atoms with Crippen molar-refractivity contribution in [2.45, 2.75) is 12.6 Å². The van der Waals surface area contributed by atoms with Crippen LogP contribution in [-0.4, -0.2) is 28.2 Å². The number of anilines is 1. The van der Waals surface area contributed by atoms with Crippen molar-refractivity contribution in [3.63, 3.8) is 0 Å². The van der Waals surface area contributed by atoms with Crippen LogP contribution in [0.15, 0.2) is 42.6 Å². The summed E-state index contributed by atoms with van der Waals surface area (Å²) in [5.41, 5.74) is 1.29. The highest BCUT2D eigenvalue weighted by atomic mass is 19.4. The first-order valence-corrected chi connectivity index (χ1v) is 6.58. The number of carboxylic acid groups (broad SMARTS) is 1. The molecule has 6 nitrogen and oxygen atoms in total. The van der Waals surface area contributed by atoms with Crippen molar-refractivity contribution < 1.29 is 32.7 Å². The molecule has 9 heteroatoms. The standard InChI is InChI=1S/C15H11F3N2O4/c16-15(17,18)8-9-4-3-7-19-12(9)20-24-14(23)11-6-2-1-5-10(11)13(21)22/h1-7H,8H2,(H,19,20)(H,21,22). The molecule has 2 N–H and O–H groups in total. The first kappa shape index (κ1) is 17.3. The quantitative estimate of drug-likeness (QED) is 0.813. The van der Waals surface area contributed by atoms with Crippen LogP contribution in [0.3, 0.4) is 0 Å². The van der Waals surface area contributed by atoms with Crippen LogP contribution in [0.5, 0.6) is 0 Å². The van der Waals surface area contributed by atoms with Crippen molar-refractivity contribution in [2.75, 3.05) is 5.48 Å². The average Bonchev–Trinajstić information content (AvgIpc) is 2.52. The second-order valence-corrected chi connectivity index (χ2v) is 4.65. The number of hydrogen-bond donors (Lipinski definition) is 2. The second-order valence-electron chi connectivity index (χ2n) is 4.65. The van der Waals surface area contributed by atoms with Gasteiger partial charge >= 0.3 is 18.1 Å². The SMILES string of the molecule is O=C(O)c1ccccc1C(=O)ONc1ncccc1CC(F)(F)F. The topological polar surface area (TPSA) is 88.5 Å². The zero-order chi connectivity index (χ0) is 17.7. The average molecular weight is 340 g/mol. The van der Waals surface area contributed by atoms with E-state index in [1.165, 1.54) is 42.6 Å². The van der Waals surface area contributed by atoms with Gasteiger partial charge < -0.3 is 9.94 Å². The molecule has 0 aliphatic rings. The van der Waals surface area contributed by atoms with Crippen molar-refractivity contribution >= 4 is 17.8 Å². The molecule has 0 saturated heterocycles. The molecule has 0 bridgehead atoms. The van der Waals surface area contributed by atoms with Crippen LogP contribution >= 0.6 is 0 Å². The van der Waals surface area contributed by atoms with Crippen LogP contribution in [0.25, 0.3) is 0 Å². The third kappa shape index (κ3) is 4.45. The van der Waals surface area contributed by atoms with Gasteiger partial charge in [0.25, 0.3) is 0 Å². The number of benzene rings is 1. The van der Waals surface area contributed by atoms with E-state index in [1.807, 2.05) is 5.48 Å². The summed E-state index contributed by atoms with van der Waals surface area (Å²) in [6, 6.07) is 7.78. The predicted octanol–water partition coefficient (Wildman–Crippen LogP) is 3.07. The van der Waals surface area contributed by atoms with Crippen LogP contribution < -0.4 is 5.48 Å². The Kier molecular flexibility index (Phi) is 5.02. The van der Waals surface area contributed by atoms with E-state index in [9.17, 15) is 22.8 Å². The molecule has 1 aromatic heterocycles. The number of pyridine rings is 1. The minimum atomic E-state index is -4.46. The molecular weight excluding hydrogens is 329 g/mol.